The summed E-state index contributed by atoms with van der Waals surface area (Å²) in [6, 6.07) is 8.14. The van der Waals surface area contributed by atoms with E-state index in [1.54, 1.807) is 19.1 Å². The highest BCUT2D eigenvalue weighted by molar-refractivity contribution is 6.35. The summed E-state index contributed by atoms with van der Waals surface area (Å²) in [4.78, 5) is 41.6. The number of aromatic amines is 1. The highest BCUT2D eigenvalue weighted by atomic mass is 35.5. The topological polar surface area (TPSA) is 106 Å². The lowest BCUT2D eigenvalue weighted by Crippen LogP contribution is -2.28. The van der Waals surface area contributed by atoms with Crippen molar-refractivity contribution in [2.24, 2.45) is 0 Å². The van der Waals surface area contributed by atoms with Crippen LogP contribution in [0, 0.1) is 11.6 Å². The van der Waals surface area contributed by atoms with Gasteiger partial charge in [-0.25, -0.2) is 23.7 Å². The van der Waals surface area contributed by atoms with Gasteiger partial charge in [0.1, 0.15) is 40.6 Å². The second kappa shape index (κ2) is 8.31. The Labute approximate surface area is 194 Å². The van der Waals surface area contributed by atoms with E-state index in [9.17, 15) is 18.4 Å². The highest BCUT2D eigenvalue weighted by Crippen LogP contribution is 2.26. The van der Waals surface area contributed by atoms with Crippen molar-refractivity contribution < 1.29 is 8.78 Å². The number of hydrogen-bond acceptors (Lipinski definition) is 6. The zero-order chi connectivity index (χ0) is 24.0. The first-order valence-corrected chi connectivity index (χ1v) is 10.5. The van der Waals surface area contributed by atoms with Crippen LogP contribution in [-0.2, 0) is 0 Å². The smallest absolute Gasteiger partial charge is 0.267 e. The molecule has 0 saturated carbocycles. The first kappa shape index (κ1) is 21.7. The molecule has 0 amide bonds. The third kappa shape index (κ3) is 3.67. The predicted molar refractivity (Wildman–Crippen MR) is 124 cm³/mol. The lowest BCUT2D eigenvalue weighted by Gasteiger charge is -2.20. The van der Waals surface area contributed by atoms with Gasteiger partial charge in [-0.05, 0) is 31.2 Å². The van der Waals surface area contributed by atoms with E-state index in [0.29, 0.717) is 17.2 Å². The summed E-state index contributed by atoms with van der Waals surface area (Å²) in [6.07, 6.45) is 2.74. The minimum absolute atomic E-state index is 0.0640. The number of rotatable bonds is 4. The standard InChI is InChI=1S/C23H15ClF2N6O2/c1-11(30-21-19-17(33)5-6-27-20(19)28-10-29-21)22-31-16-4-2-3-15(24)18(16)23(34)32(22)14-8-12(25)7-13(26)9-14/h2-11H,1H3,(H2,27,28,29,30,33)/t11-/m0/s1. The summed E-state index contributed by atoms with van der Waals surface area (Å²) < 4.78 is 29.2. The summed E-state index contributed by atoms with van der Waals surface area (Å²) in [7, 11) is 0. The molecule has 0 aliphatic rings. The molecule has 5 rings (SSSR count). The molecule has 0 aliphatic carbocycles. The molecule has 2 N–H and O–H groups in total. The van der Waals surface area contributed by atoms with Gasteiger partial charge in [0.05, 0.1) is 27.7 Å². The zero-order valence-electron chi connectivity index (χ0n) is 17.5. The molecular weight excluding hydrogens is 466 g/mol. The van der Waals surface area contributed by atoms with Crippen LogP contribution in [0.25, 0.3) is 27.6 Å². The van der Waals surface area contributed by atoms with Gasteiger partial charge in [0.15, 0.2) is 5.43 Å². The molecule has 0 saturated heterocycles. The maximum Gasteiger partial charge on any atom is 0.267 e. The molecule has 170 valence electrons. The third-order valence-corrected chi connectivity index (χ3v) is 5.58. The Morgan fingerprint density at radius 2 is 1.82 bits per heavy atom. The number of fused-ring (bicyclic) bond motifs is 2. The molecule has 0 unspecified atom stereocenters. The summed E-state index contributed by atoms with van der Waals surface area (Å²) in [6.45, 7) is 1.68. The Balaban J connectivity index is 1.75. The molecule has 0 aliphatic heterocycles. The highest BCUT2D eigenvalue weighted by Gasteiger charge is 2.21. The number of H-pyrrole nitrogens is 1. The number of aromatic nitrogens is 5. The molecule has 5 aromatic rings. The molecule has 0 spiro atoms. The molecule has 3 aromatic heterocycles. The molecule has 8 nitrogen and oxygen atoms in total. The monoisotopic (exact) mass is 480 g/mol. The zero-order valence-corrected chi connectivity index (χ0v) is 18.3. The normalized spacial score (nSPS) is 12.2. The maximum absolute atomic E-state index is 14.1. The second-order valence-electron chi connectivity index (χ2n) is 7.53. The summed E-state index contributed by atoms with van der Waals surface area (Å²) in [5, 5.41) is 3.55. The summed E-state index contributed by atoms with van der Waals surface area (Å²) in [5.41, 5.74) is -0.355. The molecule has 34 heavy (non-hydrogen) atoms. The Bertz CT molecular complexity index is 1680. The molecule has 0 bridgehead atoms. The van der Waals surface area contributed by atoms with Gasteiger partial charge >= 0.3 is 0 Å². The van der Waals surface area contributed by atoms with E-state index in [-0.39, 0.29) is 38.6 Å². The Kier molecular flexibility index (Phi) is 5.29. The molecule has 0 fully saturated rings. The second-order valence-corrected chi connectivity index (χ2v) is 7.93. The van der Waals surface area contributed by atoms with Crippen molar-refractivity contribution in [3.63, 3.8) is 0 Å². The van der Waals surface area contributed by atoms with Crippen LogP contribution in [0.3, 0.4) is 0 Å². The van der Waals surface area contributed by atoms with Crippen molar-refractivity contribution in [3.05, 3.63) is 98.0 Å². The number of nitrogens with one attached hydrogen (secondary N) is 2. The molecule has 0 radical (unpaired) electrons. The van der Waals surface area contributed by atoms with Gasteiger partial charge in [-0.3, -0.25) is 14.2 Å². The Morgan fingerprint density at radius 1 is 1.06 bits per heavy atom. The average Bonchev–Trinajstić information content (AvgIpc) is 2.78. The first-order chi connectivity index (χ1) is 16.3. The van der Waals surface area contributed by atoms with Gasteiger partial charge < -0.3 is 10.3 Å². The van der Waals surface area contributed by atoms with E-state index in [2.05, 4.69) is 25.3 Å². The fraction of sp³-hybridized carbons (Fsp3) is 0.0870. The molecule has 1 atom stereocenters. The molecule has 11 heteroatoms. The summed E-state index contributed by atoms with van der Waals surface area (Å²) >= 11 is 6.26. The van der Waals surface area contributed by atoms with Crippen LogP contribution in [0.4, 0.5) is 14.6 Å². The third-order valence-electron chi connectivity index (χ3n) is 5.27. The molecule has 3 heterocycles. The number of hydrogen-bond donors (Lipinski definition) is 2. The van der Waals surface area contributed by atoms with Crippen LogP contribution in [0.5, 0.6) is 0 Å². The van der Waals surface area contributed by atoms with Crippen LogP contribution in [0.2, 0.25) is 5.02 Å². The lowest BCUT2D eigenvalue weighted by atomic mass is 10.2. The van der Waals surface area contributed by atoms with Crippen LogP contribution in [-0.4, -0.2) is 24.5 Å². The van der Waals surface area contributed by atoms with Crippen LogP contribution < -0.4 is 16.3 Å². The fourth-order valence-electron chi connectivity index (χ4n) is 3.80. The van der Waals surface area contributed by atoms with Crippen molar-refractivity contribution in [1.82, 2.24) is 24.5 Å². The van der Waals surface area contributed by atoms with Gasteiger partial charge in [0.25, 0.3) is 5.56 Å². The van der Waals surface area contributed by atoms with E-state index in [1.807, 2.05) is 0 Å². The number of halogens is 3. The number of nitrogens with zero attached hydrogens (tertiary/aromatic N) is 4. The Hall–Kier alpha value is -4.18. The minimum Gasteiger partial charge on any atom is -0.360 e. The van der Waals surface area contributed by atoms with Crippen molar-refractivity contribution in [2.45, 2.75) is 13.0 Å². The van der Waals surface area contributed by atoms with Gasteiger partial charge in [0.2, 0.25) is 0 Å². The van der Waals surface area contributed by atoms with Crippen molar-refractivity contribution in [3.8, 4) is 5.69 Å². The predicted octanol–water partition coefficient (Wildman–Crippen LogP) is 4.12. The largest absolute Gasteiger partial charge is 0.360 e. The van der Waals surface area contributed by atoms with E-state index in [1.165, 1.54) is 24.7 Å². The average molecular weight is 481 g/mol. The van der Waals surface area contributed by atoms with E-state index in [4.69, 9.17) is 11.6 Å². The Morgan fingerprint density at radius 3 is 2.59 bits per heavy atom. The quantitative estimate of drug-likeness (QED) is 0.401. The lowest BCUT2D eigenvalue weighted by molar-refractivity contribution is 0.579. The van der Waals surface area contributed by atoms with Crippen molar-refractivity contribution >= 4 is 39.4 Å². The SMILES string of the molecule is C[C@H](Nc1ncnc2[nH]ccc(=O)c12)c1nc2cccc(Cl)c2c(=O)n1-c1cc(F)cc(F)c1. The van der Waals surface area contributed by atoms with Crippen LogP contribution in [0.15, 0.2) is 64.6 Å². The minimum atomic E-state index is -0.860. The number of benzene rings is 2. The van der Waals surface area contributed by atoms with Crippen LogP contribution in [0.1, 0.15) is 18.8 Å². The van der Waals surface area contributed by atoms with Gasteiger partial charge in [-0.1, -0.05) is 17.7 Å². The van der Waals surface area contributed by atoms with E-state index < -0.39 is 23.2 Å². The first-order valence-electron chi connectivity index (χ1n) is 10.1. The summed E-state index contributed by atoms with van der Waals surface area (Å²) in [5.74, 6) is -1.39. The van der Waals surface area contributed by atoms with Crippen molar-refractivity contribution in [1.29, 1.82) is 0 Å². The van der Waals surface area contributed by atoms with Crippen LogP contribution >= 0.6 is 11.6 Å². The molecule has 2 aromatic carbocycles. The van der Waals surface area contributed by atoms with Crippen molar-refractivity contribution in [2.75, 3.05) is 5.32 Å². The fourth-order valence-corrected chi connectivity index (χ4v) is 4.05. The van der Waals surface area contributed by atoms with E-state index >= 15 is 0 Å². The van der Waals surface area contributed by atoms with E-state index in [0.717, 1.165) is 16.7 Å². The maximum atomic E-state index is 14.1. The number of anilines is 1. The molecular formula is C23H15ClF2N6O2. The van der Waals surface area contributed by atoms with Gasteiger partial charge in [-0.2, -0.15) is 0 Å². The number of pyridine rings is 1. The van der Waals surface area contributed by atoms with Gasteiger partial charge in [0, 0.05) is 18.3 Å². The van der Waals surface area contributed by atoms with Gasteiger partial charge in [-0.15, -0.1) is 0 Å².